The lowest BCUT2D eigenvalue weighted by molar-refractivity contribution is -0.143. The van der Waals surface area contributed by atoms with Gasteiger partial charge in [-0.25, -0.2) is 0 Å². The van der Waals surface area contributed by atoms with E-state index >= 15 is 0 Å². The smallest absolute Gasteiger partial charge is 0.310 e. The van der Waals surface area contributed by atoms with Crippen LogP contribution < -0.4 is 0 Å². The first-order valence-corrected chi connectivity index (χ1v) is 8.03. The SMILES string of the molecule is CCc1nn(CC)c(CN(C)C2COCC2C(=O)O)c1Br. The molecule has 6 nitrogen and oxygen atoms in total. The van der Waals surface area contributed by atoms with E-state index in [1.165, 1.54) is 0 Å². The molecule has 0 bridgehead atoms. The number of carboxylic acid groups (broad SMARTS) is 1. The highest BCUT2D eigenvalue weighted by Crippen LogP contribution is 2.26. The largest absolute Gasteiger partial charge is 0.481 e. The van der Waals surface area contributed by atoms with E-state index in [1.807, 2.05) is 11.7 Å². The summed E-state index contributed by atoms with van der Waals surface area (Å²) in [6.07, 6.45) is 0.870. The zero-order valence-electron chi connectivity index (χ0n) is 12.7. The lowest BCUT2D eigenvalue weighted by Gasteiger charge is -2.26. The fraction of sp³-hybridized carbons (Fsp3) is 0.714. The van der Waals surface area contributed by atoms with Crippen molar-refractivity contribution >= 4 is 21.9 Å². The summed E-state index contributed by atoms with van der Waals surface area (Å²) in [5.74, 6) is -1.25. The number of aliphatic carboxylic acids is 1. The Balaban J connectivity index is 2.17. The van der Waals surface area contributed by atoms with Crippen molar-refractivity contribution < 1.29 is 14.6 Å². The van der Waals surface area contributed by atoms with Crippen LogP contribution in [0.4, 0.5) is 0 Å². The predicted octanol–water partition coefficient (Wildman–Crippen LogP) is 1.76. The number of carboxylic acids is 1. The third-order valence-corrected chi connectivity index (χ3v) is 4.94. The van der Waals surface area contributed by atoms with E-state index in [4.69, 9.17) is 4.74 Å². The molecule has 0 amide bonds. The van der Waals surface area contributed by atoms with E-state index in [2.05, 4.69) is 39.8 Å². The zero-order valence-corrected chi connectivity index (χ0v) is 14.3. The topological polar surface area (TPSA) is 67.6 Å². The van der Waals surface area contributed by atoms with Gasteiger partial charge < -0.3 is 9.84 Å². The van der Waals surface area contributed by atoms with Crippen molar-refractivity contribution in [2.75, 3.05) is 20.3 Å². The van der Waals surface area contributed by atoms with E-state index in [1.54, 1.807) is 0 Å². The molecule has 1 aromatic rings. The number of aromatic nitrogens is 2. The minimum absolute atomic E-state index is 0.0975. The van der Waals surface area contributed by atoms with Crippen LogP contribution in [0.5, 0.6) is 0 Å². The fourth-order valence-electron chi connectivity index (χ4n) is 2.74. The monoisotopic (exact) mass is 359 g/mol. The van der Waals surface area contributed by atoms with Crippen LogP contribution in [0.1, 0.15) is 25.2 Å². The lowest BCUT2D eigenvalue weighted by atomic mass is 10.0. The Hall–Kier alpha value is -0.920. The van der Waals surface area contributed by atoms with Crippen LogP contribution in [0.15, 0.2) is 4.47 Å². The van der Waals surface area contributed by atoms with Crippen LogP contribution in [0, 0.1) is 5.92 Å². The minimum Gasteiger partial charge on any atom is -0.481 e. The lowest BCUT2D eigenvalue weighted by Crippen LogP contribution is -2.40. The molecule has 0 radical (unpaired) electrons. The van der Waals surface area contributed by atoms with Gasteiger partial charge in [-0.3, -0.25) is 14.4 Å². The van der Waals surface area contributed by atoms with E-state index in [-0.39, 0.29) is 6.04 Å². The molecule has 0 aliphatic carbocycles. The van der Waals surface area contributed by atoms with Crippen molar-refractivity contribution in [2.45, 2.75) is 39.4 Å². The average molecular weight is 360 g/mol. The highest BCUT2D eigenvalue weighted by molar-refractivity contribution is 9.10. The van der Waals surface area contributed by atoms with Gasteiger partial charge in [-0.1, -0.05) is 6.92 Å². The molecule has 2 rings (SSSR count). The van der Waals surface area contributed by atoms with Crippen LogP contribution in [0.25, 0.3) is 0 Å². The molecule has 21 heavy (non-hydrogen) atoms. The van der Waals surface area contributed by atoms with Gasteiger partial charge in [0.2, 0.25) is 0 Å². The first-order chi connectivity index (χ1) is 9.99. The first-order valence-electron chi connectivity index (χ1n) is 7.24. The maximum Gasteiger partial charge on any atom is 0.310 e. The van der Waals surface area contributed by atoms with Gasteiger partial charge in [-0.2, -0.15) is 5.10 Å². The Labute approximate surface area is 133 Å². The third-order valence-electron chi connectivity index (χ3n) is 4.03. The molecule has 1 N–H and O–H groups in total. The Morgan fingerprint density at radius 3 is 2.81 bits per heavy atom. The first kappa shape index (κ1) is 16.5. The van der Waals surface area contributed by atoms with Crippen molar-refractivity contribution in [3.05, 3.63) is 15.9 Å². The third kappa shape index (κ3) is 3.30. The second kappa shape index (κ2) is 6.89. The van der Waals surface area contributed by atoms with Gasteiger partial charge >= 0.3 is 5.97 Å². The number of hydrogen-bond donors (Lipinski definition) is 1. The van der Waals surface area contributed by atoms with Crippen LogP contribution in [-0.2, 0) is 29.0 Å². The van der Waals surface area contributed by atoms with Crippen LogP contribution in [0.2, 0.25) is 0 Å². The second-order valence-corrected chi connectivity index (χ2v) is 6.13. The number of likely N-dealkylation sites (N-methyl/N-ethyl adjacent to an activating group) is 1. The minimum atomic E-state index is -0.790. The number of ether oxygens (including phenoxy) is 1. The van der Waals surface area contributed by atoms with Gasteiger partial charge in [0.1, 0.15) is 0 Å². The molecule has 7 heteroatoms. The molecule has 2 heterocycles. The molecule has 1 saturated heterocycles. The van der Waals surface area contributed by atoms with Gasteiger partial charge in [0.25, 0.3) is 0 Å². The summed E-state index contributed by atoms with van der Waals surface area (Å²) in [6, 6.07) is -0.0975. The van der Waals surface area contributed by atoms with Crippen LogP contribution >= 0.6 is 15.9 Å². The molecule has 0 saturated carbocycles. The maximum atomic E-state index is 11.3. The molecule has 1 aromatic heterocycles. The molecule has 0 spiro atoms. The number of aryl methyl sites for hydroxylation is 2. The molecule has 2 unspecified atom stereocenters. The molecule has 1 aliphatic heterocycles. The van der Waals surface area contributed by atoms with E-state index in [0.29, 0.717) is 19.8 Å². The molecular formula is C14H22BrN3O3. The molecule has 2 atom stereocenters. The Morgan fingerprint density at radius 1 is 1.52 bits per heavy atom. The predicted molar refractivity (Wildman–Crippen MR) is 82.2 cm³/mol. The number of hydrogen-bond acceptors (Lipinski definition) is 4. The standard InChI is InChI=1S/C14H22BrN3O3/c1-4-10-13(15)11(18(5-2)16-10)6-17(3)12-8-21-7-9(12)14(19)20/h9,12H,4-8H2,1-3H3,(H,19,20). The normalized spacial score (nSPS) is 22.1. The van der Waals surface area contributed by atoms with Gasteiger partial charge in [-0.15, -0.1) is 0 Å². The molecule has 118 valence electrons. The quantitative estimate of drug-likeness (QED) is 0.837. The Morgan fingerprint density at radius 2 is 2.24 bits per heavy atom. The van der Waals surface area contributed by atoms with Crippen molar-refractivity contribution in [3.8, 4) is 0 Å². The Kier molecular flexibility index (Phi) is 5.40. The molecule has 1 fully saturated rings. The second-order valence-electron chi connectivity index (χ2n) is 5.34. The van der Waals surface area contributed by atoms with E-state index in [0.717, 1.165) is 28.8 Å². The molecule has 1 aliphatic rings. The highest BCUT2D eigenvalue weighted by atomic mass is 79.9. The zero-order chi connectivity index (χ0) is 15.6. The number of carbonyl (C=O) groups is 1. The van der Waals surface area contributed by atoms with E-state index in [9.17, 15) is 9.90 Å². The van der Waals surface area contributed by atoms with Gasteiger partial charge in [0, 0.05) is 19.1 Å². The summed E-state index contributed by atoms with van der Waals surface area (Å²) < 4.78 is 8.36. The summed E-state index contributed by atoms with van der Waals surface area (Å²) in [7, 11) is 1.94. The Bertz CT molecular complexity index is 518. The molecule has 0 aromatic carbocycles. The van der Waals surface area contributed by atoms with Crippen LogP contribution in [-0.4, -0.2) is 52.1 Å². The van der Waals surface area contributed by atoms with Crippen molar-refractivity contribution in [1.29, 1.82) is 0 Å². The summed E-state index contributed by atoms with van der Waals surface area (Å²) in [5, 5.41) is 13.8. The average Bonchev–Trinajstić information content (AvgIpc) is 3.05. The summed E-state index contributed by atoms with van der Waals surface area (Å²) in [5.41, 5.74) is 2.13. The highest BCUT2D eigenvalue weighted by Gasteiger charge is 2.37. The van der Waals surface area contributed by atoms with Crippen molar-refractivity contribution in [1.82, 2.24) is 14.7 Å². The maximum absolute atomic E-state index is 11.3. The van der Waals surface area contributed by atoms with Gasteiger partial charge in [-0.05, 0) is 36.3 Å². The molecular weight excluding hydrogens is 338 g/mol. The van der Waals surface area contributed by atoms with Crippen molar-refractivity contribution in [2.24, 2.45) is 5.92 Å². The summed E-state index contributed by atoms with van der Waals surface area (Å²) >= 11 is 3.63. The summed E-state index contributed by atoms with van der Waals surface area (Å²) in [6.45, 7) is 6.34. The van der Waals surface area contributed by atoms with Gasteiger partial charge in [0.05, 0.1) is 35.0 Å². The van der Waals surface area contributed by atoms with Crippen LogP contribution in [0.3, 0.4) is 0 Å². The number of rotatable bonds is 6. The fourth-order valence-corrected chi connectivity index (χ4v) is 3.42. The number of nitrogens with zero attached hydrogens (tertiary/aromatic N) is 3. The summed E-state index contributed by atoms with van der Waals surface area (Å²) in [4.78, 5) is 13.3. The number of halogens is 1. The van der Waals surface area contributed by atoms with Crippen molar-refractivity contribution in [3.63, 3.8) is 0 Å². The van der Waals surface area contributed by atoms with Gasteiger partial charge in [0.15, 0.2) is 0 Å². The van der Waals surface area contributed by atoms with E-state index < -0.39 is 11.9 Å².